The van der Waals surface area contributed by atoms with Gasteiger partial charge in [0, 0.05) is 6.42 Å². The van der Waals surface area contributed by atoms with Gasteiger partial charge in [-0.2, -0.15) is 0 Å². The van der Waals surface area contributed by atoms with E-state index in [-0.39, 0.29) is 11.7 Å². The zero-order chi connectivity index (χ0) is 6.48. The molecule has 1 heterocycles. The summed E-state index contributed by atoms with van der Waals surface area (Å²) < 4.78 is 5.23. The number of ketones is 1. The molecule has 2 rings (SSSR count). The van der Waals surface area contributed by atoms with Crippen LogP contribution in [0.25, 0.3) is 0 Å². The first-order chi connectivity index (χ1) is 4.22. The second-order valence-corrected chi connectivity index (χ2v) is 3.13. The van der Waals surface area contributed by atoms with Crippen molar-refractivity contribution in [3.8, 4) is 0 Å². The Kier molecular flexibility index (Phi) is 0.826. The number of ether oxygens (including phenoxy) is 1. The minimum absolute atomic E-state index is 0.0220. The van der Waals surface area contributed by atoms with Crippen LogP contribution in [0.1, 0.15) is 26.2 Å². The van der Waals surface area contributed by atoms with Crippen molar-refractivity contribution >= 4 is 5.78 Å². The Morgan fingerprint density at radius 2 is 2.56 bits per heavy atom. The Morgan fingerprint density at radius 1 is 1.78 bits per heavy atom. The van der Waals surface area contributed by atoms with Crippen LogP contribution in [0.2, 0.25) is 0 Å². The molecule has 2 atom stereocenters. The van der Waals surface area contributed by atoms with Crippen molar-refractivity contribution in [2.75, 3.05) is 0 Å². The molecule has 1 saturated heterocycles. The van der Waals surface area contributed by atoms with E-state index in [1.165, 1.54) is 0 Å². The lowest BCUT2D eigenvalue weighted by Crippen LogP contribution is -2.22. The SMILES string of the molecule is C[C@@]12CCCC(=O)[C@@H]1O2. The molecule has 50 valence electrons. The van der Waals surface area contributed by atoms with Gasteiger partial charge in [-0.25, -0.2) is 0 Å². The molecule has 9 heavy (non-hydrogen) atoms. The van der Waals surface area contributed by atoms with E-state index in [0.717, 1.165) is 19.3 Å². The lowest BCUT2D eigenvalue weighted by Gasteiger charge is -2.09. The van der Waals surface area contributed by atoms with E-state index in [0.29, 0.717) is 5.78 Å². The summed E-state index contributed by atoms with van der Waals surface area (Å²) in [5.74, 6) is 0.309. The van der Waals surface area contributed by atoms with Crippen molar-refractivity contribution in [3.63, 3.8) is 0 Å². The highest BCUT2D eigenvalue weighted by atomic mass is 16.6. The van der Waals surface area contributed by atoms with Crippen molar-refractivity contribution in [2.24, 2.45) is 0 Å². The highest BCUT2D eigenvalue weighted by Gasteiger charge is 2.57. The highest BCUT2D eigenvalue weighted by molar-refractivity contribution is 5.87. The predicted molar refractivity (Wildman–Crippen MR) is 32.1 cm³/mol. The summed E-state index contributed by atoms with van der Waals surface area (Å²) in [6, 6.07) is 0. The monoisotopic (exact) mass is 126 g/mol. The number of rotatable bonds is 0. The Hall–Kier alpha value is -0.370. The number of hydrogen-bond acceptors (Lipinski definition) is 2. The third-order valence-corrected chi connectivity index (χ3v) is 2.27. The molecule has 2 aliphatic rings. The largest absolute Gasteiger partial charge is 0.358 e. The second kappa shape index (κ2) is 1.37. The lowest BCUT2D eigenvalue weighted by molar-refractivity contribution is -0.120. The molecule has 1 aliphatic heterocycles. The molecule has 0 aromatic rings. The van der Waals surface area contributed by atoms with Gasteiger partial charge in [-0.3, -0.25) is 4.79 Å². The maximum Gasteiger partial charge on any atom is 0.164 e. The number of Topliss-reactive ketones (excluding diaryl/α,β-unsaturated/α-hetero) is 1. The van der Waals surface area contributed by atoms with Gasteiger partial charge >= 0.3 is 0 Å². The molecular weight excluding hydrogens is 116 g/mol. The Morgan fingerprint density at radius 3 is 3.11 bits per heavy atom. The van der Waals surface area contributed by atoms with Gasteiger partial charge in [0.2, 0.25) is 0 Å². The minimum atomic E-state index is -0.0324. The van der Waals surface area contributed by atoms with E-state index in [1.807, 2.05) is 6.92 Å². The van der Waals surface area contributed by atoms with Gasteiger partial charge in [-0.05, 0) is 19.8 Å². The van der Waals surface area contributed by atoms with Gasteiger partial charge in [0.05, 0.1) is 5.60 Å². The van der Waals surface area contributed by atoms with Crippen LogP contribution in [0, 0.1) is 0 Å². The molecule has 0 aromatic heterocycles. The number of carbonyl (C=O) groups excluding carboxylic acids is 1. The van der Waals surface area contributed by atoms with Crippen LogP contribution >= 0.6 is 0 Å². The topological polar surface area (TPSA) is 29.6 Å². The molecule has 0 bridgehead atoms. The summed E-state index contributed by atoms with van der Waals surface area (Å²) in [6.45, 7) is 2.02. The van der Waals surface area contributed by atoms with Crippen molar-refractivity contribution < 1.29 is 9.53 Å². The van der Waals surface area contributed by atoms with Gasteiger partial charge in [0.1, 0.15) is 6.10 Å². The number of fused-ring (bicyclic) bond motifs is 1. The average molecular weight is 126 g/mol. The smallest absolute Gasteiger partial charge is 0.164 e. The fourth-order valence-corrected chi connectivity index (χ4v) is 1.58. The average Bonchev–Trinajstić information content (AvgIpc) is 2.43. The maximum absolute atomic E-state index is 10.9. The van der Waals surface area contributed by atoms with Crippen molar-refractivity contribution in [2.45, 2.75) is 37.9 Å². The van der Waals surface area contributed by atoms with E-state index >= 15 is 0 Å². The van der Waals surface area contributed by atoms with Gasteiger partial charge in [-0.1, -0.05) is 0 Å². The lowest BCUT2D eigenvalue weighted by atomic mass is 9.90. The third kappa shape index (κ3) is 0.628. The predicted octanol–water partition coefficient (Wildman–Crippen LogP) is 0.897. The second-order valence-electron chi connectivity index (χ2n) is 3.13. The first-order valence-corrected chi connectivity index (χ1v) is 3.43. The molecule has 2 fully saturated rings. The summed E-state index contributed by atoms with van der Waals surface area (Å²) in [6.07, 6.45) is 2.81. The molecule has 0 aromatic carbocycles. The number of hydrogen-bond donors (Lipinski definition) is 0. The maximum atomic E-state index is 10.9. The van der Waals surface area contributed by atoms with Crippen molar-refractivity contribution in [3.05, 3.63) is 0 Å². The fourth-order valence-electron chi connectivity index (χ4n) is 1.58. The van der Waals surface area contributed by atoms with Crippen LogP contribution in [0.3, 0.4) is 0 Å². The van der Waals surface area contributed by atoms with Crippen molar-refractivity contribution in [1.29, 1.82) is 0 Å². The van der Waals surface area contributed by atoms with Gasteiger partial charge < -0.3 is 4.74 Å². The molecule has 0 N–H and O–H groups in total. The zero-order valence-electron chi connectivity index (χ0n) is 5.52. The normalized spacial score (nSPS) is 48.6. The summed E-state index contributed by atoms with van der Waals surface area (Å²) in [5.41, 5.74) is -0.0324. The van der Waals surface area contributed by atoms with Crippen LogP contribution < -0.4 is 0 Å². The number of carbonyl (C=O) groups is 1. The van der Waals surface area contributed by atoms with Crippen molar-refractivity contribution in [1.82, 2.24) is 0 Å². The molecule has 2 nitrogen and oxygen atoms in total. The summed E-state index contributed by atoms with van der Waals surface area (Å²) >= 11 is 0. The van der Waals surface area contributed by atoms with E-state index in [9.17, 15) is 4.79 Å². The Labute approximate surface area is 54.2 Å². The Balaban J connectivity index is 2.16. The summed E-state index contributed by atoms with van der Waals surface area (Å²) in [4.78, 5) is 10.9. The van der Waals surface area contributed by atoms with E-state index in [1.54, 1.807) is 0 Å². The molecule has 0 radical (unpaired) electrons. The van der Waals surface area contributed by atoms with E-state index < -0.39 is 0 Å². The van der Waals surface area contributed by atoms with Crippen LogP contribution in [0.15, 0.2) is 0 Å². The third-order valence-electron chi connectivity index (χ3n) is 2.27. The minimum Gasteiger partial charge on any atom is -0.358 e. The summed E-state index contributed by atoms with van der Waals surface area (Å²) in [7, 11) is 0. The van der Waals surface area contributed by atoms with Crippen LogP contribution in [0.5, 0.6) is 0 Å². The van der Waals surface area contributed by atoms with Crippen LogP contribution in [-0.4, -0.2) is 17.5 Å². The van der Waals surface area contributed by atoms with Gasteiger partial charge in [-0.15, -0.1) is 0 Å². The molecule has 0 unspecified atom stereocenters. The Bertz CT molecular complexity index is 164. The summed E-state index contributed by atoms with van der Waals surface area (Å²) in [5, 5.41) is 0. The zero-order valence-corrected chi connectivity index (χ0v) is 5.52. The first kappa shape index (κ1) is 5.42. The quantitative estimate of drug-likeness (QED) is 0.451. The first-order valence-electron chi connectivity index (χ1n) is 3.43. The molecule has 1 aliphatic carbocycles. The molecule has 2 heteroatoms. The van der Waals surface area contributed by atoms with Crippen LogP contribution in [-0.2, 0) is 9.53 Å². The van der Waals surface area contributed by atoms with Gasteiger partial charge in [0.15, 0.2) is 5.78 Å². The highest BCUT2D eigenvalue weighted by Crippen LogP contribution is 2.45. The standard InChI is InChI=1S/C7H10O2/c1-7-4-2-3-5(8)6(7)9-7/h6H,2-4H2,1H3/t6-,7+/m0/s1. The van der Waals surface area contributed by atoms with E-state index in [4.69, 9.17) is 4.74 Å². The molecular formula is C7H10O2. The van der Waals surface area contributed by atoms with E-state index in [2.05, 4.69) is 0 Å². The van der Waals surface area contributed by atoms with Gasteiger partial charge in [0.25, 0.3) is 0 Å². The fraction of sp³-hybridized carbons (Fsp3) is 0.857. The molecule has 1 saturated carbocycles. The molecule has 0 amide bonds. The molecule has 0 spiro atoms. The van der Waals surface area contributed by atoms with Crippen LogP contribution in [0.4, 0.5) is 0 Å². The number of epoxide rings is 1.